The molecule has 1 atom stereocenters. The van der Waals surface area contributed by atoms with Crippen LogP contribution in [0.2, 0.25) is 0 Å². The van der Waals surface area contributed by atoms with Crippen LogP contribution in [0, 0.1) is 0 Å². The Balaban J connectivity index is 2.22. The standard InChI is InChI=1S/C9H17NO3/c1-2-3-7-13-9(11)8-5-4-6-10(8)12/h8,12H,2-7H2,1H3. The Kier molecular flexibility index (Phi) is 4.18. The Hall–Kier alpha value is -0.610. The van der Waals surface area contributed by atoms with Gasteiger partial charge in [0.15, 0.2) is 0 Å². The number of hydrogen-bond donors (Lipinski definition) is 1. The molecule has 0 saturated carbocycles. The summed E-state index contributed by atoms with van der Waals surface area (Å²) < 4.78 is 5.00. The average Bonchev–Trinajstić information content (AvgIpc) is 2.52. The van der Waals surface area contributed by atoms with E-state index in [1.807, 2.05) is 6.92 Å². The molecular formula is C9H17NO3. The highest BCUT2D eigenvalue weighted by Gasteiger charge is 2.30. The van der Waals surface area contributed by atoms with E-state index in [2.05, 4.69) is 0 Å². The van der Waals surface area contributed by atoms with E-state index in [9.17, 15) is 10.0 Å². The van der Waals surface area contributed by atoms with Gasteiger partial charge < -0.3 is 9.94 Å². The molecule has 4 heteroatoms. The van der Waals surface area contributed by atoms with Crippen LogP contribution in [0.1, 0.15) is 32.6 Å². The van der Waals surface area contributed by atoms with Crippen molar-refractivity contribution < 1.29 is 14.7 Å². The number of carbonyl (C=O) groups excluding carboxylic acids is 1. The van der Waals surface area contributed by atoms with Gasteiger partial charge in [-0.05, 0) is 19.3 Å². The molecule has 1 aliphatic rings. The summed E-state index contributed by atoms with van der Waals surface area (Å²) in [6, 6.07) is -0.420. The number of carbonyl (C=O) groups is 1. The molecule has 1 unspecified atom stereocenters. The third kappa shape index (κ3) is 2.97. The lowest BCUT2D eigenvalue weighted by Gasteiger charge is -2.15. The van der Waals surface area contributed by atoms with E-state index in [1.54, 1.807) is 0 Å². The van der Waals surface area contributed by atoms with Crippen molar-refractivity contribution in [1.82, 2.24) is 5.06 Å². The van der Waals surface area contributed by atoms with Crippen molar-refractivity contribution in [3.8, 4) is 0 Å². The summed E-state index contributed by atoms with van der Waals surface area (Å²) in [6.45, 7) is 3.09. The van der Waals surface area contributed by atoms with Crippen molar-refractivity contribution in [2.45, 2.75) is 38.6 Å². The van der Waals surface area contributed by atoms with Gasteiger partial charge in [-0.2, -0.15) is 5.06 Å². The quantitative estimate of drug-likeness (QED) is 0.530. The third-order valence-corrected chi connectivity index (χ3v) is 2.24. The second kappa shape index (κ2) is 5.19. The van der Waals surface area contributed by atoms with E-state index in [1.165, 1.54) is 0 Å². The zero-order valence-electron chi connectivity index (χ0n) is 8.03. The van der Waals surface area contributed by atoms with Gasteiger partial charge in [-0.1, -0.05) is 13.3 Å². The summed E-state index contributed by atoms with van der Waals surface area (Å²) >= 11 is 0. The Morgan fingerprint density at radius 3 is 3.00 bits per heavy atom. The van der Waals surface area contributed by atoms with Crippen molar-refractivity contribution in [1.29, 1.82) is 0 Å². The van der Waals surface area contributed by atoms with Gasteiger partial charge in [0.05, 0.1) is 6.61 Å². The minimum atomic E-state index is -0.420. The van der Waals surface area contributed by atoms with E-state index < -0.39 is 6.04 Å². The van der Waals surface area contributed by atoms with Crippen LogP contribution in [0.4, 0.5) is 0 Å². The fourth-order valence-electron chi connectivity index (χ4n) is 1.40. The van der Waals surface area contributed by atoms with Gasteiger partial charge in [0, 0.05) is 6.54 Å². The molecular weight excluding hydrogens is 170 g/mol. The first kappa shape index (κ1) is 10.5. The summed E-state index contributed by atoms with van der Waals surface area (Å²) in [5.41, 5.74) is 0. The van der Waals surface area contributed by atoms with Crippen LogP contribution in [0.5, 0.6) is 0 Å². The highest BCUT2D eigenvalue weighted by atomic mass is 16.6. The Labute approximate surface area is 78.4 Å². The summed E-state index contributed by atoms with van der Waals surface area (Å²) in [5, 5.41) is 10.3. The molecule has 0 bridgehead atoms. The zero-order valence-corrected chi connectivity index (χ0v) is 8.03. The summed E-state index contributed by atoms with van der Waals surface area (Å²) in [4.78, 5) is 11.3. The maximum Gasteiger partial charge on any atom is 0.325 e. The van der Waals surface area contributed by atoms with Crippen molar-refractivity contribution >= 4 is 5.97 Å². The van der Waals surface area contributed by atoms with E-state index in [0.717, 1.165) is 24.3 Å². The van der Waals surface area contributed by atoms with E-state index in [4.69, 9.17) is 4.74 Å². The lowest BCUT2D eigenvalue weighted by Crippen LogP contribution is -2.34. The minimum Gasteiger partial charge on any atom is -0.464 e. The molecule has 4 nitrogen and oxygen atoms in total. The second-order valence-corrected chi connectivity index (χ2v) is 3.34. The molecule has 0 radical (unpaired) electrons. The average molecular weight is 187 g/mol. The fourth-order valence-corrected chi connectivity index (χ4v) is 1.40. The van der Waals surface area contributed by atoms with Gasteiger partial charge in [0.1, 0.15) is 6.04 Å². The zero-order chi connectivity index (χ0) is 9.68. The van der Waals surface area contributed by atoms with Crippen LogP contribution < -0.4 is 0 Å². The molecule has 0 aromatic rings. The first-order chi connectivity index (χ1) is 6.25. The largest absolute Gasteiger partial charge is 0.464 e. The normalized spacial score (nSPS) is 23.4. The van der Waals surface area contributed by atoms with Gasteiger partial charge >= 0.3 is 5.97 Å². The Bertz CT molecular complexity index is 172. The molecule has 0 spiro atoms. The molecule has 13 heavy (non-hydrogen) atoms. The minimum absolute atomic E-state index is 0.284. The number of rotatable bonds is 4. The second-order valence-electron chi connectivity index (χ2n) is 3.34. The lowest BCUT2D eigenvalue weighted by molar-refractivity contribution is -0.167. The first-order valence-electron chi connectivity index (χ1n) is 4.88. The number of hydrogen-bond acceptors (Lipinski definition) is 4. The molecule has 0 amide bonds. The summed E-state index contributed by atoms with van der Waals surface area (Å²) in [6.07, 6.45) is 3.48. The van der Waals surface area contributed by atoms with Crippen LogP contribution in [-0.4, -0.2) is 35.4 Å². The number of esters is 1. The van der Waals surface area contributed by atoms with Gasteiger partial charge in [-0.3, -0.25) is 4.79 Å². The predicted molar refractivity (Wildman–Crippen MR) is 47.4 cm³/mol. The van der Waals surface area contributed by atoms with E-state index in [0.29, 0.717) is 19.6 Å². The van der Waals surface area contributed by atoms with Crippen molar-refractivity contribution in [2.24, 2.45) is 0 Å². The SMILES string of the molecule is CCCCOC(=O)C1CCCN1O. The maximum absolute atomic E-state index is 11.3. The Morgan fingerprint density at radius 2 is 2.46 bits per heavy atom. The molecule has 0 aromatic carbocycles. The Morgan fingerprint density at radius 1 is 1.69 bits per heavy atom. The van der Waals surface area contributed by atoms with Crippen molar-refractivity contribution in [3.63, 3.8) is 0 Å². The molecule has 1 fully saturated rings. The molecule has 1 aliphatic heterocycles. The highest BCUT2D eigenvalue weighted by Crippen LogP contribution is 2.15. The van der Waals surface area contributed by atoms with E-state index >= 15 is 0 Å². The monoisotopic (exact) mass is 187 g/mol. The van der Waals surface area contributed by atoms with Crippen LogP contribution in [0.15, 0.2) is 0 Å². The van der Waals surface area contributed by atoms with Crippen LogP contribution in [-0.2, 0) is 9.53 Å². The molecule has 1 heterocycles. The van der Waals surface area contributed by atoms with Gasteiger partial charge in [0.2, 0.25) is 0 Å². The molecule has 0 aliphatic carbocycles. The smallest absolute Gasteiger partial charge is 0.325 e. The van der Waals surface area contributed by atoms with E-state index in [-0.39, 0.29) is 5.97 Å². The number of nitrogens with zero attached hydrogens (tertiary/aromatic N) is 1. The molecule has 1 saturated heterocycles. The highest BCUT2D eigenvalue weighted by molar-refractivity contribution is 5.75. The maximum atomic E-state index is 11.3. The van der Waals surface area contributed by atoms with Crippen molar-refractivity contribution in [2.75, 3.05) is 13.2 Å². The van der Waals surface area contributed by atoms with Crippen molar-refractivity contribution in [3.05, 3.63) is 0 Å². The van der Waals surface area contributed by atoms with Gasteiger partial charge in [-0.15, -0.1) is 0 Å². The molecule has 1 N–H and O–H groups in total. The summed E-state index contributed by atoms with van der Waals surface area (Å²) in [5.74, 6) is -0.284. The predicted octanol–water partition coefficient (Wildman–Crippen LogP) is 1.18. The fraction of sp³-hybridized carbons (Fsp3) is 0.889. The summed E-state index contributed by atoms with van der Waals surface area (Å²) in [7, 11) is 0. The van der Waals surface area contributed by atoms with Crippen LogP contribution in [0.3, 0.4) is 0 Å². The third-order valence-electron chi connectivity index (χ3n) is 2.24. The topological polar surface area (TPSA) is 49.8 Å². The van der Waals surface area contributed by atoms with Crippen LogP contribution in [0.25, 0.3) is 0 Å². The number of ether oxygens (including phenoxy) is 1. The molecule has 0 aromatic heterocycles. The first-order valence-corrected chi connectivity index (χ1v) is 4.88. The molecule has 1 rings (SSSR count). The number of unbranched alkanes of at least 4 members (excludes halogenated alkanes) is 1. The number of hydroxylamine groups is 2. The van der Waals surface area contributed by atoms with Gasteiger partial charge in [-0.25, -0.2) is 0 Å². The lowest BCUT2D eigenvalue weighted by atomic mass is 10.2. The van der Waals surface area contributed by atoms with Gasteiger partial charge in [0.25, 0.3) is 0 Å². The van der Waals surface area contributed by atoms with Crippen LogP contribution >= 0.6 is 0 Å². The molecule has 76 valence electrons.